The van der Waals surface area contributed by atoms with Crippen molar-refractivity contribution < 1.29 is 40.9 Å². The Bertz CT molecular complexity index is 543. The number of hydrogen-bond donors (Lipinski definition) is 2. The summed E-state index contributed by atoms with van der Waals surface area (Å²) in [7, 11) is 0. The molecule has 0 saturated heterocycles. The van der Waals surface area contributed by atoms with Crippen molar-refractivity contribution in [3.8, 4) is 5.75 Å². The SMILES string of the molecule is CC1Cc2ccc3c(c2[C@@H]1[I-]CC(O)C(=O)O)CCO3. The normalized spacial score (nSPS) is 25.1. The average molecular weight is 389 g/mol. The van der Waals surface area contributed by atoms with Crippen LogP contribution in [0.1, 0.15) is 27.5 Å². The number of rotatable bonds is 4. The zero-order chi connectivity index (χ0) is 14.3. The van der Waals surface area contributed by atoms with Gasteiger partial charge in [0.15, 0.2) is 0 Å². The van der Waals surface area contributed by atoms with Crippen LogP contribution in [0.5, 0.6) is 5.75 Å². The molecule has 3 atom stereocenters. The second-order valence-electron chi connectivity index (χ2n) is 5.46. The maximum absolute atomic E-state index is 10.8. The van der Waals surface area contributed by atoms with Gasteiger partial charge >= 0.3 is 128 Å². The second-order valence-corrected chi connectivity index (χ2v) is 8.56. The molecule has 1 heterocycles. The molecule has 0 amide bonds. The number of carboxylic acids is 1. The first-order valence-corrected chi connectivity index (χ1v) is 9.61. The van der Waals surface area contributed by atoms with Crippen LogP contribution in [0, 0.1) is 5.92 Å². The van der Waals surface area contributed by atoms with E-state index in [-0.39, 0.29) is 21.2 Å². The van der Waals surface area contributed by atoms with E-state index in [0.29, 0.717) is 14.3 Å². The van der Waals surface area contributed by atoms with E-state index in [1.165, 1.54) is 16.7 Å². The Hall–Kier alpha value is -0.820. The Kier molecular flexibility index (Phi) is 3.90. The van der Waals surface area contributed by atoms with Crippen LogP contribution in [0.2, 0.25) is 0 Å². The first-order chi connectivity index (χ1) is 9.58. The molecule has 0 radical (unpaired) electrons. The Balaban J connectivity index is 1.84. The molecule has 0 saturated carbocycles. The summed E-state index contributed by atoms with van der Waals surface area (Å²) >= 11 is -0.376. The molecule has 2 aliphatic rings. The van der Waals surface area contributed by atoms with E-state index in [1.54, 1.807) is 0 Å². The number of hydrogen-bond acceptors (Lipinski definition) is 3. The molecule has 1 aromatic carbocycles. The van der Waals surface area contributed by atoms with Gasteiger partial charge in [-0.1, -0.05) is 0 Å². The molecule has 0 fully saturated rings. The summed E-state index contributed by atoms with van der Waals surface area (Å²) in [5, 5.41) is 18.3. The first kappa shape index (κ1) is 14.1. The van der Waals surface area contributed by atoms with Crippen LogP contribution in [0.15, 0.2) is 12.1 Å². The van der Waals surface area contributed by atoms with Gasteiger partial charge in [0.2, 0.25) is 0 Å². The molecule has 20 heavy (non-hydrogen) atoms. The molecule has 1 aliphatic heterocycles. The summed E-state index contributed by atoms with van der Waals surface area (Å²) in [6.45, 7) is 2.99. The first-order valence-electron chi connectivity index (χ1n) is 6.84. The van der Waals surface area contributed by atoms with Gasteiger partial charge in [-0.2, -0.15) is 0 Å². The minimum absolute atomic E-state index is 0.376. The molecule has 3 rings (SSSR count). The molecule has 2 N–H and O–H groups in total. The van der Waals surface area contributed by atoms with Crippen LogP contribution >= 0.6 is 0 Å². The van der Waals surface area contributed by atoms with Crippen molar-refractivity contribution in [2.45, 2.75) is 29.8 Å². The fraction of sp³-hybridized carbons (Fsp3) is 0.533. The Labute approximate surface area is 128 Å². The van der Waals surface area contributed by atoms with Gasteiger partial charge in [0, 0.05) is 0 Å². The standard InChI is InChI=1S/C15H18IO4/c1-8-6-9-2-3-12-10(4-5-20-12)13(9)14(8)16-7-11(17)15(18)19/h2-3,8,11,14,17H,4-7H2,1H3,(H,18,19)/q-1/t8?,11?,14-/m1/s1. The summed E-state index contributed by atoms with van der Waals surface area (Å²) < 4.78 is 6.52. The molecule has 110 valence electrons. The molecule has 2 unspecified atom stereocenters. The number of aliphatic hydroxyl groups is 1. The number of fused-ring (bicyclic) bond motifs is 3. The Morgan fingerprint density at radius 3 is 3.10 bits per heavy atom. The van der Waals surface area contributed by atoms with Crippen LogP contribution in [-0.4, -0.2) is 33.3 Å². The predicted octanol–water partition coefficient (Wildman–Crippen LogP) is -1.61. The molecule has 0 spiro atoms. The molecule has 5 heteroatoms. The third kappa shape index (κ3) is 2.41. The fourth-order valence-electron chi connectivity index (χ4n) is 3.08. The summed E-state index contributed by atoms with van der Waals surface area (Å²) in [5.41, 5.74) is 4.15. The van der Waals surface area contributed by atoms with Gasteiger partial charge < -0.3 is 0 Å². The van der Waals surface area contributed by atoms with Crippen molar-refractivity contribution in [1.29, 1.82) is 0 Å². The molecule has 0 bridgehead atoms. The zero-order valence-corrected chi connectivity index (χ0v) is 13.5. The van der Waals surface area contributed by atoms with Crippen molar-refractivity contribution in [2.24, 2.45) is 5.92 Å². The summed E-state index contributed by atoms with van der Waals surface area (Å²) in [6.07, 6.45) is 0.829. The van der Waals surface area contributed by atoms with Crippen molar-refractivity contribution in [3.05, 3.63) is 28.8 Å². The van der Waals surface area contributed by atoms with Crippen molar-refractivity contribution in [2.75, 3.05) is 11.0 Å². The quantitative estimate of drug-likeness (QED) is 0.481. The maximum atomic E-state index is 10.8. The van der Waals surface area contributed by atoms with Crippen LogP contribution in [0.3, 0.4) is 0 Å². The predicted molar refractivity (Wildman–Crippen MR) is 69.8 cm³/mol. The number of aliphatic carboxylic acids is 1. The van der Waals surface area contributed by atoms with Gasteiger partial charge in [-0.15, -0.1) is 0 Å². The van der Waals surface area contributed by atoms with E-state index in [1.807, 2.05) is 0 Å². The summed E-state index contributed by atoms with van der Waals surface area (Å²) in [4.78, 5) is 10.8. The van der Waals surface area contributed by atoms with Crippen molar-refractivity contribution in [3.63, 3.8) is 0 Å². The topological polar surface area (TPSA) is 66.8 Å². The van der Waals surface area contributed by atoms with Gasteiger partial charge in [-0.3, -0.25) is 0 Å². The number of carbonyl (C=O) groups is 1. The third-order valence-corrected chi connectivity index (χ3v) is 8.16. The van der Waals surface area contributed by atoms with Gasteiger partial charge in [0.25, 0.3) is 0 Å². The molecular formula is C15H18IO4-. The van der Waals surface area contributed by atoms with E-state index >= 15 is 0 Å². The number of ether oxygens (including phenoxy) is 1. The molecular weight excluding hydrogens is 371 g/mol. The zero-order valence-electron chi connectivity index (χ0n) is 11.3. The number of aliphatic hydroxyl groups excluding tert-OH is 1. The van der Waals surface area contributed by atoms with Crippen molar-refractivity contribution in [1.82, 2.24) is 0 Å². The molecule has 4 nitrogen and oxygen atoms in total. The van der Waals surface area contributed by atoms with Gasteiger partial charge in [-0.05, 0) is 0 Å². The Morgan fingerprint density at radius 2 is 2.35 bits per heavy atom. The molecule has 1 aromatic rings. The monoisotopic (exact) mass is 389 g/mol. The average Bonchev–Trinajstić information content (AvgIpc) is 2.98. The number of benzene rings is 1. The van der Waals surface area contributed by atoms with E-state index in [0.717, 1.165) is 25.2 Å². The van der Waals surface area contributed by atoms with Crippen LogP contribution in [0.4, 0.5) is 0 Å². The third-order valence-electron chi connectivity index (χ3n) is 4.02. The van der Waals surface area contributed by atoms with E-state index in [4.69, 9.17) is 9.84 Å². The molecule has 0 aromatic heterocycles. The van der Waals surface area contributed by atoms with Crippen LogP contribution in [-0.2, 0) is 17.6 Å². The summed E-state index contributed by atoms with van der Waals surface area (Å²) in [6, 6.07) is 4.23. The number of alkyl halides is 2. The van der Waals surface area contributed by atoms with Crippen molar-refractivity contribution >= 4 is 5.97 Å². The Morgan fingerprint density at radius 1 is 1.55 bits per heavy atom. The van der Waals surface area contributed by atoms with Gasteiger partial charge in [0.1, 0.15) is 0 Å². The number of carboxylic acid groups (broad SMARTS) is 1. The number of halogens is 1. The van der Waals surface area contributed by atoms with E-state index in [2.05, 4.69) is 19.1 Å². The van der Waals surface area contributed by atoms with Gasteiger partial charge in [0.05, 0.1) is 0 Å². The van der Waals surface area contributed by atoms with Gasteiger partial charge in [-0.25, -0.2) is 0 Å². The second kappa shape index (κ2) is 5.52. The van der Waals surface area contributed by atoms with E-state index in [9.17, 15) is 9.90 Å². The fourth-order valence-corrected chi connectivity index (χ4v) is 6.83. The van der Waals surface area contributed by atoms with Crippen LogP contribution < -0.4 is 25.9 Å². The van der Waals surface area contributed by atoms with E-state index < -0.39 is 12.1 Å². The molecule has 1 aliphatic carbocycles. The summed E-state index contributed by atoms with van der Waals surface area (Å²) in [5.74, 6) is 0.453. The van der Waals surface area contributed by atoms with Crippen LogP contribution in [0.25, 0.3) is 0 Å². The minimum atomic E-state index is -1.20.